The lowest BCUT2D eigenvalue weighted by molar-refractivity contribution is -0.121. The van der Waals surface area contributed by atoms with Crippen LogP contribution in [0.4, 0.5) is 21.5 Å². The van der Waals surface area contributed by atoms with Crippen LogP contribution in [0.15, 0.2) is 42.5 Å². The lowest BCUT2D eigenvalue weighted by atomic mass is 10.1. The van der Waals surface area contributed by atoms with Crippen molar-refractivity contribution in [3.63, 3.8) is 0 Å². The number of anilines is 3. The predicted molar refractivity (Wildman–Crippen MR) is 114 cm³/mol. The minimum Gasteiger partial charge on any atom is -0.324 e. The van der Waals surface area contributed by atoms with Gasteiger partial charge in [-0.15, -0.1) is 0 Å². The number of halogens is 1. The molecule has 0 saturated heterocycles. The zero-order valence-corrected chi connectivity index (χ0v) is 17.2. The summed E-state index contributed by atoms with van der Waals surface area (Å²) in [5, 5.41) is 5.34. The summed E-state index contributed by atoms with van der Waals surface area (Å²) in [7, 11) is 1.64. The van der Waals surface area contributed by atoms with E-state index in [0.717, 1.165) is 5.56 Å². The Morgan fingerprint density at radius 3 is 2.70 bits per heavy atom. The Balaban J connectivity index is 1.66. The summed E-state index contributed by atoms with van der Waals surface area (Å²) >= 11 is 0. The molecule has 3 rings (SSSR count). The number of fused-ring (bicyclic) bond motifs is 1. The Morgan fingerprint density at radius 2 is 1.97 bits per heavy atom. The molecule has 0 unspecified atom stereocenters. The Bertz CT molecular complexity index is 979. The molecule has 3 amide bonds. The van der Waals surface area contributed by atoms with Crippen molar-refractivity contribution in [2.75, 3.05) is 35.7 Å². The number of carbonyl (C=O) groups is 3. The lowest BCUT2D eigenvalue weighted by Crippen LogP contribution is -2.45. The topological polar surface area (TPSA) is 81.8 Å². The monoisotopic (exact) mass is 412 g/mol. The Kier molecular flexibility index (Phi) is 6.47. The molecule has 0 aliphatic carbocycles. The Morgan fingerprint density at radius 1 is 1.23 bits per heavy atom. The normalized spacial score (nSPS) is 16.0. The largest absolute Gasteiger partial charge is 0.324 e. The molecule has 2 N–H and O–H groups in total. The van der Waals surface area contributed by atoms with Crippen molar-refractivity contribution >= 4 is 34.8 Å². The Labute approximate surface area is 174 Å². The van der Waals surface area contributed by atoms with E-state index in [0.29, 0.717) is 11.4 Å². The molecule has 0 saturated carbocycles. The minimum absolute atomic E-state index is 0.0311. The van der Waals surface area contributed by atoms with Crippen molar-refractivity contribution < 1.29 is 18.8 Å². The first-order valence-electron chi connectivity index (χ1n) is 9.70. The smallest absolute Gasteiger partial charge is 0.241 e. The van der Waals surface area contributed by atoms with Crippen LogP contribution in [0.25, 0.3) is 0 Å². The van der Waals surface area contributed by atoms with Crippen LogP contribution in [-0.4, -0.2) is 48.8 Å². The molecular formula is C22H25FN4O3. The first kappa shape index (κ1) is 21.4. The number of hydrogen-bond donors (Lipinski definition) is 2. The molecule has 1 heterocycles. The van der Waals surface area contributed by atoms with E-state index in [1.807, 2.05) is 6.92 Å². The number of likely N-dealkylation sites (N-methyl/N-ethyl adjacent to an activating group) is 1. The molecule has 1 aliphatic rings. The van der Waals surface area contributed by atoms with E-state index >= 15 is 0 Å². The van der Waals surface area contributed by atoms with Gasteiger partial charge in [0.05, 0.1) is 30.2 Å². The summed E-state index contributed by atoms with van der Waals surface area (Å²) in [5.41, 5.74) is 2.06. The molecule has 7 nitrogen and oxygen atoms in total. The number of amides is 3. The van der Waals surface area contributed by atoms with Crippen LogP contribution in [0.5, 0.6) is 0 Å². The quantitative estimate of drug-likeness (QED) is 0.791. The standard InChI is InChI=1S/C22H25FN4O3/c1-14-8-9-17(16(23)10-14)24-21(29)12-26(3)13-22(30)27-15(2)11-20(28)25-18-6-4-5-7-19(18)27/h4-10,15H,11-13H2,1-3H3,(H,24,29)(H,25,28)/t15-/m1/s1. The number of nitrogens with zero attached hydrogens (tertiary/aromatic N) is 2. The highest BCUT2D eigenvalue weighted by atomic mass is 19.1. The summed E-state index contributed by atoms with van der Waals surface area (Å²) in [6.07, 6.45) is 0.178. The number of rotatable bonds is 5. The van der Waals surface area contributed by atoms with Gasteiger partial charge in [0, 0.05) is 12.5 Å². The van der Waals surface area contributed by atoms with Crippen molar-refractivity contribution in [2.24, 2.45) is 0 Å². The number of aryl methyl sites for hydroxylation is 1. The SMILES string of the molecule is Cc1ccc(NC(=O)CN(C)CC(=O)N2c3ccccc3NC(=O)C[C@H]2C)c(F)c1. The molecule has 2 aromatic rings. The molecule has 0 bridgehead atoms. The highest BCUT2D eigenvalue weighted by Crippen LogP contribution is 2.31. The van der Waals surface area contributed by atoms with E-state index in [2.05, 4.69) is 10.6 Å². The maximum atomic E-state index is 13.9. The number of para-hydroxylation sites is 2. The second-order valence-electron chi connectivity index (χ2n) is 7.59. The molecule has 0 aromatic heterocycles. The van der Waals surface area contributed by atoms with Crippen molar-refractivity contribution in [3.05, 3.63) is 53.8 Å². The zero-order chi connectivity index (χ0) is 21.8. The molecule has 0 fully saturated rings. The van der Waals surface area contributed by atoms with Gasteiger partial charge >= 0.3 is 0 Å². The average molecular weight is 412 g/mol. The average Bonchev–Trinajstić information content (AvgIpc) is 2.77. The highest BCUT2D eigenvalue weighted by Gasteiger charge is 2.30. The third kappa shape index (κ3) is 5.01. The molecule has 0 radical (unpaired) electrons. The fourth-order valence-electron chi connectivity index (χ4n) is 3.49. The van der Waals surface area contributed by atoms with Crippen molar-refractivity contribution in [1.82, 2.24) is 4.90 Å². The summed E-state index contributed by atoms with van der Waals surface area (Å²) in [5.74, 6) is -1.31. The van der Waals surface area contributed by atoms with E-state index < -0.39 is 11.7 Å². The summed E-state index contributed by atoms with van der Waals surface area (Å²) in [6, 6.07) is 11.4. The van der Waals surface area contributed by atoms with E-state index in [4.69, 9.17) is 0 Å². The first-order chi connectivity index (χ1) is 14.2. The van der Waals surface area contributed by atoms with Gasteiger partial charge < -0.3 is 15.5 Å². The molecule has 2 aromatic carbocycles. The van der Waals surface area contributed by atoms with E-state index in [1.165, 1.54) is 12.1 Å². The number of nitrogens with one attached hydrogen (secondary N) is 2. The molecule has 8 heteroatoms. The second-order valence-corrected chi connectivity index (χ2v) is 7.59. The van der Waals surface area contributed by atoms with Gasteiger partial charge in [-0.25, -0.2) is 4.39 Å². The van der Waals surface area contributed by atoms with Gasteiger partial charge in [-0.2, -0.15) is 0 Å². The van der Waals surface area contributed by atoms with Crippen LogP contribution in [-0.2, 0) is 14.4 Å². The summed E-state index contributed by atoms with van der Waals surface area (Å²) in [4.78, 5) is 40.5. The third-order valence-corrected chi connectivity index (χ3v) is 4.85. The maximum absolute atomic E-state index is 13.9. The minimum atomic E-state index is -0.505. The highest BCUT2D eigenvalue weighted by molar-refractivity contribution is 6.05. The van der Waals surface area contributed by atoms with Gasteiger partial charge in [0.15, 0.2) is 0 Å². The van der Waals surface area contributed by atoms with Gasteiger partial charge in [0.25, 0.3) is 0 Å². The number of carbonyl (C=O) groups excluding carboxylic acids is 3. The van der Waals surface area contributed by atoms with Crippen LogP contribution in [0.2, 0.25) is 0 Å². The second kappa shape index (κ2) is 9.04. The van der Waals surface area contributed by atoms with Crippen molar-refractivity contribution in [1.29, 1.82) is 0 Å². The third-order valence-electron chi connectivity index (χ3n) is 4.85. The zero-order valence-electron chi connectivity index (χ0n) is 17.2. The van der Waals surface area contributed by atoms with Crippen LogP contribution >= 0.6 is 0 Å². The van der Waals surface area contributed by atoms with Gasteiger partial charge in [-0.3, -0.25) is 19.3 Å². The molecule has 1 atom stereocenters. The summed E-state index contributed by atoms with van der Waals surface area (Å²) in [6.45, 7) is 3.46. The Hall–Kier alpha value is -3.26. The summed E-state index contributed by atoms with van der Waals surface area (Å²) < 4.78 is 13.9. The molecule has 1 aliphatic heterocycles. The van der Waals surface area contributed by atoms with Crippen molar-refractivity contribution in [2.45, 2.75) is 26.3 Å². The number of hydrogen-bond acceptors (Lipinski definition) is 4. The fourth-order valence-corrected chi connectivity index (χ4v) is 3.49. The van der Waals surface area contributed by atoms with E-state index in [1.54, 1.807) is 54.1 Å². The van der Waals surface area contributed by atoms with Crippen LogP contribution in [0, 0.1) is 12.7 Å². The first-order valence-corrected chi connectivity index (χ1v) is 9.70. The van der Waals surface area contributed by atoms with Crippen LogP contribution in [0.1, 0.15) is 18.9 Å². The molecular weight excluding hydrogens is 387 g/mol. The van der Waals surface area contributed by atoms with Gasteiger partial charge in [-0.05, 0) is 50.7 Å². The molecule has 158 valence electrons. The maximum Gasteiger partial charge on any atom is 0.241 e. The van der Waals surface area contributed by atoms with E-state index in [-0.39, 0.29) is 43.1 Å². The lowest BCUT2D eigenvalue weighted by Gasteiger charge is -2.29. The molecule has 30 heavy (non-hydrogen) atoms. The van der Waals surface area contributed by atoms with Crippen molar-refractivity contribution in [3.8, 4) is 0 Å². The van der Waals surface area contributed by atoms with Gasteiger partial charge in [0.2, 0.25) is 17.7 Å². The van der Waals surface area contributed by atoms with E-state index in [9.17, 15) is 18.8 Å². The number of benzene rings is 2. The van der Waals surface area contributed by atoms with Crippen LogP contribution < -0.4 is 15.5 Å². The predicted octanol–water partition coefficient (Wildman–Crippen LogP) is 2.77. The molecule has 0 spiro atoms. The van der Waals surface area contributed by atoms with Gasteiger partial charge in [0.1, 0.15) is 5.82 Å². The van der Waals surface area contributed by atoms with Crippen LogP contribution in [0.3, 0.4) is 0 Å². The van der Waals surface area contributed by atoms with Gasteiger partial charge in [-0.1, -0.05) is 18.2 Å². The fraction of sp³-hybridized carbons (Fsp3) is 0.318.